The Hall–Kier alpha value is -2.23. The van der Waals surface area contributed by atoms with Crippen molar-refractivity contribution in [1.82, 2.24) is 4.98 Å². The van der Waals surface area contributed by atoms with E-state index in [1.165, 1.54) is 5.69 Å². The number of nitrogens with one attached hydrogen (secondary N) is 1. The minimum Gasteiger partial charge on any atom is -0.373 e. The third kappa shape index (κ3) is 2.69. The Morgan fingerprint density at radius 3 is 2.25 bits per heavy atom. The molecule has 1 aromatic heterocycles. The van der Waals surface area contributed by atoms with E-state index < -0.39 is 0 Å². The molecule has 0 atom stereocenters. The minimum absolute atomic E-state index is 0.924. The Morgan fingerprint density at radius 1 is 0.850 bits per heavy atom. The van der Waals surface area contributed by atoms with Crippen LogP contribution >= 0.6 is 0 Å². The van der Waals surface area contributed by atoms with Gasteiger partial charge in [-0.25, -0.2) is 4.98 Å². The molecule has 20 heavy (non-hydrogen) atoms. The zero-order chi connectivity index (χ0) is 13.8. The molecule has 3 rings (SSSR count). The summed E-state index contributed by atoms with van der Waals surface area (Å²) >= 11 is 0. The summed E-state index contributed by atoms with van der Waals surface area (Å²) in [4.78, 5) is 9.39. The van der Waals surface area contributed by atoms with Crippen LogP contribution in [0.1, 0.15) is 0 Å². The summed E-state index contributed by atoms with van der Waals surface area (Å²) in [7, 11) is 1.90. The second-order valence-electron chi connectivity index (χ2n) is 4.94. The van der Waals surface area contributed by atoms with E-state index in [1.54, 1.807) is 0 Å². The van der Waals surface area contributed by atoms with Crippen LogP contribution in [-0.4, -0.2) is 38.2 Å². The van der Waals surface area contributed by atoms with Gasteiger partial charge in [-0.1, -0.05) is 24.3 Å². The molecular formula is C16H20N4. The van der Waals surface area contributed by atoms with Crippen LogP contribution in [-0.2, 0) is 0 Å². The largest absolute Gasteiger partial charge is 0.373 e. The second-order valence-corrected chi connectivity index (χ2v) is 4.94. The fourth-order valence-electron chi connectivity index (χ4n) is 2.57. The summed E-state index contributed by atoms with van der Waals surface area (Å²) in [6, 6.07) is 16.7. The lowest BCUT2D eigenvalue weighted by Crippen LogP contribution is -2.46. The van der Waals surface area contributed by atoms with Gasteiger partial charge in [0.05, 0.1) is 0 Å². The Kier molecular flexibility index (Phi) is 3.72. The second kappa shape index (κ2) is 5.82. The predicted molar refractivity (Wildman–Crippen MR) is 84.7 cm³/mol. The van der Waals surface area contributed by atoms with Gasteiger partial charge in [0.25, 0.3) is 0 Å². The van der Waals surface area contributed by atoms with Crippen molar-refractivity contribution in [1.29, 1.82) is 0 Å². The van der Waals surface area contributed by atoms with Crippen molar-refractivity contribution in [3.05, 3.63) is 48.5 Å². The topological polar surface area (TPSA) is 31.4 Å². The Balaban J connectivity index is 1.66. The highest BCUT2D eigenvalue weighted by Gasteiger charge is 2.18. The lowest BCUT2D eigenvalue weighted by atomic mass is 10.2. The van der Waals surface area contributed by atoms with Gasteiger partial charge in [0.1, 0.15) is 11.6 Å². The highest BCUT2D eigenvalue weighted by molar-refractivity contribution is 5.51. The lowest BCUT2D eigenvalue weighted by molar-refractivity contribution is 0.648. The summed E-state index contributed by atoms with van der Waals surface area (Å²) < 4.78 is 0. The van der Waals surface area contributed by atoms with Crippen molar-refractivity contribution in [2.24, 2.45) is 0 Å². The predicted octanol–water partition coefficient (Wildman–Crippen LogP) is 2.45. The van der Waals surface area contributed by atoms with Crippen molar-refractivity contribution in [2.45, 2.75) is 0 Å². The van der Waals surface area contributed by atoms with E-state index in [0.29, 0.717) is 0 Å². The van der Waals surface area contributed by atoms with Gasteiger partial charge in [0, 0.05) is 38.9 Å². The highest BCUT2D eigenvalue weighted by Crippen LogP contribution is 2.19. The first kappa shape index (κ1) is 12.8. The molecule has 2 heterocycles. The molecule has 1 aliphatic heterocycles. The number of nitrogens with zero attached hydrogens (tertiary/aromatic N) is 3. The van der Waals surface area contributed by atoms with E-state index in [2.05, 4.69) is 62.6 Å². The van der Waals surface area contributed by atoms with Crippen LogP contribution in [0.25, 0.3) is 0 Å². The number of piperazine rings is 1. The monoisotopic (exact) mass is 268 g/mol. The fraction of sp³-hybridized carbons (Fsp3) is 0.312. The van der Waals surface area contributed by atoms with Gasteiger partial charge in [-0.15, -0.1) is 0 Å². The maximum Gasteiger partial charge on any atom is 0.131 e. The molecule has 0 aliphatic carbocycles. The van der Waals surface area contributed by atoms with E-state index >= 15 is 0 Å². The molecule has 0 radical (unpaired) electrons. The van der Waals surface area contributed by atoms with E-state index in [1.807, 2.05) is 13.1 Å². The molecule has 4 nitrogen and oxygen atoms in total. The molecule has 1 aliphatic rings. The number of para-hydroxylation sites is 1. The lowest BCUT2D eigenvalue weighted by Gasteiger charge is -2.36. The molecule has 1 fully saturated rings. The minimum atomic E-state index is 0.924. The molecule has 104 valence electrons. The number of aromatic nitrogens is 1. The molecule has 0 saturated carbocycles. The average molecular weight is 268 g/mol. The van der Waals surface area contributed by atoms with E-state index in [-0.39, 0.29) is 0 Å². The number of hydrogen-bond donors (Lipinski definition) is 1. The third-order valence-corrected chi connectivity index (χ3v) is 3.72. The van der Waals surface area contributed by atoms with Crippen LogP contribution < -0.4 is 15.1 Å². The van der Waals surface area contributed by atoms with Crippen molar-refractivity contribution in [3.8, 4) is 0 Å². The first-order valence-corrected chi connectivity index (χ1v) is 7.06. The SMILES string of the molecule is CNc1cccc(N2CCN(c3ccccc3)CC2)n1. The zero-order valence-electron chi connectivity index (χ0n) is 11.8. The van der Waals surface area contributed by atoms with E-state index in [9.17, 15) is 0 Å². The normalized spacial score (nSPS) is 15.2. The summed E-state index contributed by atoms with van der Waals surface area (Å²) in [5.41, 5.74) is 1.31. The Bertz CT molecular complexity index is 547. The molecule has 1 aromatic carbocycles. The molecule has 1 saturated heterocycles. The summed E-state index contributed by atoms with van der Waals surface area (Å²) in [6.07, 6.45) is 0. The fourth-order valence-corrected chi connectivity index (χ4v) is 2.57. The van der Waals surface area contributed by atoms with Crippen molar-refractivity contribution < 1.29 is 0 Å². The Labute approximate surface area is 120 Å². The van der Waals surface area contributed by atoms with Crippen molar-refractivity contribution >= 4 is 17.3 Å². The smallest absolute Gasteiger partial charge is 0.131 e. The van der Waals surface area contributed by atoms with Crippen LogP contribution in [0.3, 0.4) is 0 Å². The first-order valence-electron chi connectivity index (χ1n) is 7.06. The summed E-state index contributed by atoms with van der Waals surface area (Å²) in [6.45, 7) is 4.09. The third-order valence-electron chi connectivity index (χ3n) is 3.72. The molecular weight excluding hydrogens is 248 g/mol. The number of benzene rings is 1. The number of pyridine rings is 1. The highest BCUT2D eigenvalue weighted by atomic mass is 15.3. The van der Waals surface area contributed by atoms with Gasteiger partial charge >= 0.3 is 0 Å². The number of hydrogen-bond acceptors (Lipinski definition) is 4. The van der Waals surface area contributed by atoms with Crippen molar-refractivity contribution in [3.63, 3.8) is 0 Å². The average Bonchev–Trinajstić information content (AvgIpc) is 2.56. The summed E-state index contributed by atoms with van der Waals surface area (Å²) in [5.74, 6) is 1.98. The maximum atomic E-state index is 4.61. The zero-order valence-corrected chi connectivity index (χ0v) is 11.8. The van der Waals surface area contributed by atoms with Crippen LogP contribution in [0.5, 0.6) is 0 Å². The van der Waals surface area contributed by atoms with Gasteiger partial charge in [-0.3, -0.25) is 0 Å². The number of rotatable bonds is 3. The molecule has 0 spiro atoms. The summed E-state index contributed by atoms with van der Waals surface area (Å²) in [5, 5.41) is 3.09. The molecule has 4 heteroatoms. The van der Waals surface area contributed by atoms with Crippen LogP contribution in [0.15, 0.2) is 48.5 Å². The quantitative estimate of drug-likeness (QED) is 0.926. The maximum absolute atomic E-state index is 4.61. The van der Waals surface area contributed by atoms with Crippen LogP contribution in [0.2, 0.25) is 0 Å². The van der Waals surface area contributed by atoms with E-state index in [4.69, 9.17) is 0 Å². The van der Waals surface area contributed by atoms with Gasteiger partial charge in [-0.2, -0.15) is 0 Å². The number of anilines is 3. The van der Waals surface area contributed by atoms with Gasteiger partial charge in [0.2, 0.25) is 0 Å². The molecule has 2 aromatic rings. The first-order chi connectivity index (χ1) is 9.86. The van der Waals surface area contributed by atoms with Crippen LogP contribution in [0, 0.1) is 0 Å². The Morgan fingerprint density at radius 2 is 1.55 bits per heavy atom. The van der Waals surface area contributed by atoms with E-state index in [0.717, 1.165) is 37.8 Å². The molecule has 1 N–H and O–H groups in total. The van der Waals surface area contributed by atoms with Crippen molar-refractivity contribution in [2.75, 3.05) is 48.3 Å². The van der Waals surface area contributed by atoms with Gasteiger partial charge in [-0.05, 0) is 24.3 Å². The molecule has 0 amide bonds. The van der Waals surface area contributed by atoms with Crippen LogP contribution in [0.4, 0.5) is 17.3 Å². The van der Waals surface area contributed by atoms with Gasteiger partial charge in [0.15, 0.2) is 0 Å². The molecule has 0 unspecified atom stereocenters. The standard InChI is InChI=1S/C16H20N4/c1-17-15-8-5-9-16(18-15)20-12-10-19(11-13-20)14-6-3-2-4-7-14/h2-9H,10-13H2,1H3,(H,17,18). The van der Waals surface area contributed by atoms with Gasteiger partial charge < -0.3 is 15.1 Å². The molecule has 0 bridgehead atoms.